The van der Waals surface area contributed by atoms with E-state index in [0.717, 1.165) is 24.8 Å². The Labute approximate surface area is 106 Å². The summed E-state index contributed by atoms with van der Waals surface area (Å²) in [6.45, 7) is 3.90. The molecule has 1 aromatic rings. The Morgan fingerprint density at radius 2 is 1.61 bits per heavy atom. The number of hydrogen-bond acceptors (Lipinski definition) is 4. The number of carbonyl (C=O) groups is 2. The van der Waals surface area contributed by atoms with Crippen LogP contribution in [0.4, 0.5) is 0 Å². The Balaban J connectivity index is 3.48. The van der Waals surface area contributed by atoms with Gasteiger partial charge in [0.1, 0.15) is 0 Å². The molecule has 0 saturated carbocycles. The van der Waals surface area contributed by atoms with Gasteiger partial charge in [-0.1, -0.05) is 38.8 Å². The van der Waals surface area contributed by atoms with Crippen molar-refractivity contribution < 1.29 is 19.8 Å². The third-order valence-electron chi connectivity index (χ3n) is 2.85. The summed E-state index contributed by atoms with van der Waals surface area (Å²) in [5, 5.41) is 22.1. The Morgan fingerprint density at radius 3 is 2.06 bits per heavy atom. The lowest BCUT2D eigenvalue weighted by Gasteiger charge is -2.19. The van der Waals surface area contributed by atoms with Gasteiger partial charge in [-0.2, -0.15) is 0 Å². The second-order valence-electron chi connectivity index (χ2n) is 4.20. The summed E-state index contributed by atoms with van der Waals surface area (Å²) in [4.78, 5) is 22.1. The first-order chi connectivity index (χ1) is 8.52. The standard InChI is InChI=1S/C14H18O4/c1-3-5-9-7-8-11(13(15)16)12(14(17)18)10(9)6-4-2/h7-8H,3-6H2,1-2H3,(H,15,16)(H,17,18)/p-2. The van der Waals surface area contributed by atoms with Crippen molar-refractivity contribution in [1.29, 1.82) is 0 Å². The van der Waals surface area contributed by atoms with Gasteiger partial charge in [-0.05, 0) is 24.0 Å². The van der Waals surface area contributed by atoms with E-state index in [1.165, 1.54) is 6.07 Å². The summed E-state index contributed by atoms with van der Waals surface area (Å²) in [6.07, 6.45) is 2.87. The summed E-state index contributed by atoms with van der Waals surface area (Å²) in [7, 11) is 0. The summed E-state index contributed by atoms with van der Waals surface area (Å²) >= 11 is 0. The maximum Gasteiger partial charge on any atom is 0.0724 e. The van der Waals surface area contributed by atoms with Crippen LogP contribution in [0.1, 0.15) is 58.5 Å². The highest BCUT2D eigenvalue weighted by atomic mass is 16.4. The lowest BCUT2D eigenvalue weighted by Crippen LogP contribution is -2.31. The fraction of sp³-hybridized carbons (Fsp3) is 0.429. The van der Waals surface area contributed by atoms with E-state index in [1.54, 1.807) is 6.07 Å². The number of benzene rings is 1. The van der Waals surface area contributed by atoms with Crippen LogP contribution < -0.4 is 10.2 Å². The van der Waals surface area contributed by atoms with Crippen LogP contribution in [0, 0.1) is 0 Å². The highest BCUT2D eigenvalue weighted by molar-refractivity contribution is 6.01. The van der Waals surface area contributed by atoms with Crippen LogP contribution in [0.2, 0.25) is 0 Å². The molecule has 18 heavy (non-hydrogen) atoms. The third kappa shape index (κ3) is 2.88. The van der Waals surface area contributed by atoms with Gasteiger partial charge in [-0.3, -0.25) is 0 Å². The van der Waals surface area contributed by atoms with Gasteiger partial charge in [0.2, 0.25) is 0 Å². The summed E-state index contributed by atoms with van der Waals surface area (Å²) < 4.78 is 0. The molecule has 1 aromatic carbocycles. The zero-order chi connectivity index (χ0) is 13.7. The molecule has 0 amide bonds. The van der Waals surface area contributed by atoms with Gasteiger partial charge in [-0.15, -0.1) is 0 Å². The van der Waals surface area contributed by atoms with Crippen molar-refractivity contribution in [2.45, 2.75) is 39.5 Å². The lowest BCUT2D eigenvalue weighted by molar-refractivity contribution is -0.259. The minimum Gasteiger partial charge on any atom is -0.545 e. The molecule has 0 unspecified atom stereocenters. The second-order valence-corrected chi connectivity index (χ2v) is 4.20. The molecular formula is C14H16O4-2. The number of aromatic carboxylic acids is 2. The van der Waals surface area contributed by atoms with E-state index in [-0.39, 0.29) is 11.1 Å². The number of carboxylic acid groups (broad SMARTS) is 2. The molecule has 0 aliphatic carbocycles. The highest BCUT2D eigenvalue weighted by Gasteiger charge is 2.14. The molecule has 0 bridgehead atoms. The van der Waals surface area contributed by atoms with Crippen LogP contribution in [-0.4, -0.2) is 11.9 Å². The Morgan fingerprint density at radius 1 is 1.00 bits per heavy atom. The molecule has 0 N–H and O–H groups in total. The minimum atomic E-state index is -1.48. The van der Waals surface area contributed by atoms with Crippen LogP contribution in [0.5, 0.6) is 0 Å². The molecule has 0 aliphatic rings. The number of hydrogen-bond donors (Lipinski definition) is 0. The van der Waals surface area contributed by atoms with Crippen molar-refractivity contribution >= 4 is 11.9 Å². The first-order valence-corrected chi connectivity index (χ1v) is 6.10. The molecule has 0 radical (unpaired) electrons. The van der Waals surface area contributed by atoms with E-state index < -0.39 is 11.9 Å². The smallest absolute Gasteiger partial charge is 0.0724 e. The topological polar surface area (TPSA) is 80.3 Å². The number of carbonyl (C=O) groups excluding carboxylic acids is 2. The van der Waals surface area contributed by atoms with E-state index in [4.69, 9.17) is 0 Å². The molecule has 1 rings (SSSR count). The fourth-order valence-electron chi connectivity index (χ4n) is 2.13. The molecule has 4 heteroatoms. The molecular weight excluding hydrogens is 232 g/mol. The van der Waals surface area contributed by atoms with Crippen LogP contribution in [0.25, 0.3) is 0 Å². The molecule has 0 saturated heterocycles. The van der Waals surface area contributed by atoms with Crippen LogP contribution >= 0.6 is 0 Å². The Bertz CT molecular complexity index is 463. The summed E-state index contributed by atoms with van der Waals surface area (Å²) in [5.41, 5.74) is 0.936. The molecule has 0 aromatic heterocycles. The van der Waals surface area contributed by atoms with E-state index in [0.29, 0.717) is 12.0 Å². The SMILES string of the molecule is CCCc1ccc(C(=O)[O-])c(C(=O)[O-])c1CCC. The molecule has 98 valence electrons. The molecule has 0 atom stereocenters. The maximum atomic E-state index is 11.2. The van der Waals surface area contributed by atoms with Crippen molar-refractivity contribution in [3.05, 3.63) is 34.4 Å². The molecule has 0 spiro atoms. The van der Waals surface area contributed by atoms with Crippen molar-refractivity contribution in [2.75, 3.05) is 0 Å². The van der Waals surface area contributed by atoms with Gasteiger partial charge in [0.15, 0.2) is 0 Å². The normalized spacial score (nSPS) is 10.3. The zero-order valence-electron chi connectivity index (χ0n) is 10.6. The van der Waals surface area contributed by atoms with E-state index >= 15 is 0 Å². The van der Waals surface area contributed by atoms with Gasteiger partial charge in [0.25, 0.3) is 0 Å². The first-order valence-electron chi connectivity index (χ1n) is 6.10. The summed E-state index contributed by atoms with van der Waals surface area (Å²) in [6, 6.07) is 2.97. The number of aryl methyl sites for hydroxylation is 1. The minimum absolute atomic E-state index is 0.220. The predicted molar refractivity (Wildman–Crippen MR) is 63.1 cm³/mol. The van der Waals surface area contributed by atoms with E-state index in [1.807, 2.05) is 13.8 Å². The maximum absolute atomic E-state index is 11.2. The average Bonchev–Trinajstić information content (AvgIpc) is 2.30. The van der Waals surface area contributed by atoms with Gasteiger partial charge in [-0.25, -0.2) is 0 Å². The molecule has 0 fully saturated rings. The van der Waals surface area contributed by atoms with Gasteiger partial charge < -0.3 is 19.8 Å². The molecule has 0 aliphatic heterocycles. The van der Waals surface area contributed by atoms with Crippen LogP contribution in [-0.2, 0) is 12.8 Å². The van der Waals surface area contributed by atoms with Gasteiger partial charge in [0.05, 0.1) is 11.9 Å². The van der Waals surface area contributed by atoms with E-state index in [9.17, 15) is 19.8 Å². The molecule has 4 nitrogen and oxygen atoms in total. The largest absolute Gasteiger partial charge is 0.545 e. The summed E-state index contributed by atoms with van der Waals surface area (Å²) in [5.74, 6) is -2.93. The Hall–Kier alpha value is -1.84. The number of carboxylic acids is 2. The van der Waals surface area contributed by atoms with Crippen molar-refractivity contribution in [3.8, 4) is 0 Å². The van der Waals surface area contributed by atoms with E-state index in [2.05, 4.69) is 0 Å². The van der Waals surface area contributed by atoms with Crippen molar-refractivity contribution in [2.24, 2.45) is 0 Å². The van der Waals surface area contributed by atoms with Gasteiger partial charge >= 0.3 is 0 Å². The predicted octanol–water partition coefficient (Wildman–Crippen LogP) is 0.319. The fourth-order valence-corrected chi connectivity index (χ4v) is 2.13. The monoisotopic (exact) mass is 248 g/mol. The van der Waals surface area contributed by atoms with Crippen LogP contribution in [0.3, 0.4) is 0 Å². The van der Waals surface area contributed by atoms with Crippen LogP contribution in [0.15, 0.2) is 12.1 Å². The van der Waals surface area contributed by atoms with Gasteiger partial charge in [0, 0.05) is 11.1 Å². The highest BCUT2D eigenvalue weighted by Crippen LogP contribution is 2.22. The quantitative estimate of drug-likeness (QED) is 0.726. The van der Waals surface area contributed by atoms with Crippen molar-refractivity contribution in [3.63, 3.8) is 0 Å². The molecule has 0 heterocycles. The second kappa shape index (κ2) is 6.19. The average molecular weight is 248 g/mol. The third-order valence-corrected chi connectivity index (χ3v) is 2.85. The number of rotatable bonds is 6. The Kier molecular flexibility index (Phi) is 4.89. The van der Waals surface area contributed by atoms with Crippen molar-refractivity contribution in [1.82, 2.24) is 0 Å². The first kappa shape index (κ1) is 14.2. The zero-order valence-corrected chi connectivity index (χ0v) is 10.6. The lowest BCUT2D eigenvalue weighted by atomic mass is 9.91.